The summed E-state index contributed by atoms with van der Waals surface area (Å²) in [6.45, 7) is 1.48. The zero-order chi connectivity index (χ0) is 23.5. The average molecular weight is 436 g/mol. The van der Waals surface area contributed by atoms with Crippen molar-refractivity contribution in [2.75, 3.05) is 0 Å². The maximum Gasteiger partial charge on any atom is 0.271 e. The van der Waals surface area contributed by atoms with Gasteiger partial charge in [-0.2, -0.15) is 10.4 Å². The molecule has 1 N–H and O–H groups in total. The minimum absolute atomic E-state index is 0.0818. The Morgan fingerprint density at radius 1 is 1.09 bits per heavy atom. The molecule has 0 aliphatic heterocycles. The van der Waals surface area contributed by atoms with E-state index in [9.17, 15) is 20.0 Å². The number of rotatable bonds is 5. The number of aromatic hydroxyl groups is 1. The van der Waals surface area contributed by atoms with Gasteiger partial charge in [-0.3, -0.25) is 14.2 Å². The Balaban J connectivity index is 1.80. The van der Waals surface area contributed by atoms with Crippen molar-refractivity contribution in [3.8, 4) is 28.9 Å². The molecule has 0 amide bonds. The van der Waals surface area contributed by atoms with Crippen LogP contribution in [0, 0.1) is 18.3 Å². The summed E-state index contributed by atoms with van der Waals surface area (Å²) in [4.78, 5) is 25.2. The Labute approximate surface area is 190 Å². The maximum absolute atomic E-state index is 13.0. The molecule has 0 saturated heterocycles. The molecule has 4 aromatic rings. The van der Waals surface area contributed by atoms with Gasteiger partial charge in [-0.25, -0.2) is 4.68 Å². The van der Waals surface area contributed by atoms with Crippen molar-refractivity contribution >= 4 is 11.9 Å². The van der Waals surface area contributed by atoms with Crippen LogP contribution >= 0.6 is 0 Å². The van der Waals surface area contributed by atoms with E-state index in [4.69, 9.17) is 5.10 Å². The molecule has 4 rings (SSSR count). The van der Waals surface area contributed by atoms with E-state index in [1.165, 1.54) is 20.0 Å². The van der Waals surface area contributed by atoms with Crippen molar-refractivity contribution in [3.05, 3.63) is 106 Å². The van der Waals surface area contributed by atoms with E-state index < -0.39 is 17.2 Å². The number of para-hydroxylation sites is 1. The van der Waals surface area contributed by atoms with Crippen LogP contribution in [0.25, 0.3) is 23.0 Å². The van der Waals surface area contributed by atoms with Crippen molar-refractivity contribution in [1.29, 1.82) is 5.26 Å². The number of ketones is 1. The van der Waals surface area contributed by atoms with Crippen LogP contribution in [-0.4, -0.2) is 25.2 Å². The van der Waals surface area contributed by atoms with E-state index in [0.29, 0.717) is 11.3 Å². The van der Waals surface area contributed by atoms with Crippen LogP contribution in [0.4, 0.5) is 0 Å². The van der Waals surface area contributed by atoms with Gasteiger partial charge in [0.05, 0.1) is 16.9 Å². The van der Waals surface area contributed by atoms with Crippen LogP contribution in [0.5, 0.6) is 5.88 Å². The number of allylic oxidation sites excluding steroid dienone is 1. The van der Waals surface area contributed by atoms with E-state index in [-0.39, 0.29) is 16.7 Å². The summed E-state index contributed by atoms with van der Waals surface area (Å²) in [6, 6.07) is 21.0. The van der Waals surface area contributed by atoms with Crippen molar-refractivity contribution in [3.63, 3.8) is 0 Å². The molecule has 0 unspecified atom stereocenters. The van der Waals surface area contributed by atoms with Gasteiger partial charge in [0.25, 0.3) is 5.56 Å². The fourth-order valence-electron chi connectivity index (χ4n) is 3.60. The van der Waals surface area contributed by atoms with Crippen LogP contribution in [0.3, 0.4) is 0 Å². The molecule has 0 saturated carbocycles. The Bertz CT molecular complexity index is 1470. The van der Waals surface area contributed by atoms with Gasteiger partial charge in [0.2, 0.25) is 5.88 Å². The number of pyridine rings is 1. The van der Waals surface area contributed by atoms with E-state index in [0.717, 1.165) is 15.8 Å². The number of nitriles is 1. The summed E-state index contributed by atoms with van der Waals surface area (Å²) in [5, 5.41) is 24.4. The Morgan fingerprint density at radius 3 is 2.36 bits per heavy atom. The minimum Gasteiger partial charge on any atom is -0.494 e. The second-order valence-electron chi connectivity index (χ2n) is 7.45. The number of benzene rings is 2. The number of carbonyl (C=O) groups excluding carboxylic acids is 1. The molecule has 0 fully saturated rings. The highest BCUT2D eigenvalue weighted by molar-refractivity contribution is 6.09. The third-order valence-electron chi connectivity index (χ3n) is 5.39. The predicted octanol–water partition coefficient (Wildman–Crippen LogP) is 4.02. The molecule has 33 heavy (non-hydrogen) atoms. The summed E-state index contributed by atoms with van der Waals surface area (Å²) in [7, 11) is 1.32. The van der Waals surface area contributed by atoms with Gasteiger partial charge < -0.3 is 5.11 Å². The second kappa shape index (κ2) is 8.81. The molecule has 7 nitrogen and oxygen atoms in total. The molecule has 2 heterocycles. The Morgan fingerprint density at radius 2 is 1.73 bits per heavy atom. The van der Waals surface area contributed by atoms with E-state index in [1.807, 2.05) is 72.9 Å². The molecule has 0 bridgehead atoms. The molecular weight excluding hydrogens is 416 g/mol. The van der Waals surface area contributed by atoms with Gasteiger partial charge in [-0.1, -0.05) is 48.5 Å². The van der Waals surface area contributed by atoms with Gasteiger partial charge in [-0.15, -0.1) is 0 Å². The molecule has 0 aliphatic rings. The summed E-state index contributed by atoms with van der Waals surface area (Å²) < 4.78 is 2.63. The first kappa shape index (κ1) is 21.5. The predicted molar refractivity (Wildman–Crippen MR) is 125 cm³/mol. The third kappa shape index (κ3) is 3.98. The van der Waals surface area contributed by atoms with Crippen molar-refractivity contribution in [2.45, 2.75) is 6.92 Å². The summed E-state index contributed by atoms with van der Waals surface area (Å²) in [6.07, 6.45) is 4.75. The molecule has 0 spiro atoms. The lowest BCUT2D eigenvalue weighted by Gasteiger charge is -2.10. The van der Waals surface area contributed by atoms with Gasteiger partial charge in [0.1, 0.15) is 11.6 Å². The first-order valence-electron chi connectivity index (χ1n) is 10.2. The lowest BCUT2D eigenvalue weighted by molar-refractivity contribution is 0.104. The Kier molecular flexibility index (Phi) is 5.75. The van der Waals surface area contributed by atoms with E-state index >= 15 is 0 Å². The molecular formula is C26H20N4O3. The minimum atomic E-state index is -0.650. The first-order chi connectivity index (χ1) is 15.9. The van der Waals surface area contributed by atoms with Crippen LogP contribution in [-0.2, 0) is 7.05 Å². The normalized spacial score (nSPS) is 10.9. The molecule has 2 aromatic heterocycles. The highest BCUT2D eigenvalue weighted by Gasteiger charge is 2.21. The second-order valence-corrected chi connectivity index (χ2v) is 7.45. The van der Waals surface area contributed by atoms with E-state index in [2.05, 4.69) is 0 Å². The van der Waals surface area contributed by atoms with Crippen LogP contribution in [0.2, 0.25) is 0 Å². The largest absolute Gasteiger partial charge is 0.494 e. The number of nitrogens with zero attached hydrogens (tertiary/aromatic N) is 4. The number of hydrogen-bond donors (Lipinski definition) is 1. The summed E-state index contributed by atoms with van der Waals surface area (Å²) in [5.41, 5.74) is 2.37. The van der Waals surface area contributed by atoms with Crippen LogP contribution in [0.1, 0.15) is 27.0 Å². The van der Waals surface area contributed by atoms with Gasteiger partial charge >= 0.3 is 0 Å². The third-order valence-corrected chi connectivity index (χ3v) is 5.39. The monoisotopic (exact) mass is 436 g/mol. The fourth-order valence-corrected chi connectivity index (χ4v) is 3.60. The fraction of sp³-hybridized carbons (Fsp3) is 0.0769. The number of carbonyl (C=O) groups is 1. The SMILES string of the molecule is Cc1c(C(=O)/C=C/c2cn(-c3ccccc3)nc2-c2ccccc2)c(O)n(C)c(=O)c1C#N. The number of hydrogen-bond acceptors (Lipinski definition) is 5. The quantitative estimate of drug-likeness (QED) is 0.376. The molecule has 0 radical (unpaired) electrons. The average Bonchev–Trinajstić information content (AvgIpc) is 3.27. The van der Waals surface area contributed by atoms with Crippen LogP contribution < -0.4 is 5.56 Å². The van der Waals surface area contributed by atoms with Gasteiger partial charge in [-0.05, 0) is 36.8 Å². The van der Waals surface area contributed by atoms with Gasteiger partial charge in [0, 0.05) is 24.4 Å². The zero-order valence-electron chi connectivity index (χ0n) is 18.1. The Hall–Kier alpha value is -4.70. The molecule has 162 valence electrons. The number of aromatic nitrogens is 3. The lowest BCUT2D eigenvalue weighted by Crippen LogP contribution is -2.23. The van der Waals surface area contributed by atoms with E-state index in [1.54, 1.807) is 10.8 Å². The lowest BCUT2D eigenvalue weighted by atomic mass is 10.0. The molecule has 0 aliphatic carbocycles. The highest BCUT2D eigenvalue weighted by Crippen LogP contribution is 2.26. The zero-order valence-corrected chi connectivity index (χ0v) is 18.1. The standard InChI is InChI=1S/C26H20N4O3/c1-17-21(15-27)25(32)29(2)26(33)23(17)22(31)14-13-19-16-30(20-11-7-4-8-12-20)28-24(19)18-9-5-3-6-10-18/h3-14,16,33H,1-2H3/b14-13+. The molecule has 7 heteroatoms. The molecule has 0 atom stereocenters. The summed E-state index contributed by atoms with van der Waals surface area (Å²) >= 11 is 0. The van der Waals surface area contributed by atoms with Crippen molar-refractivity contribution < 1.29 is 9.90 Å². The first-order valence-corrected chi connectivity index (χ1v) is 10.2. The van der Waals surface area contributed by atoms with Crippen LogP contribution in [0.15, 0.2) is 77.7 Å². The topological polar surface area (TPSA) is 101 Å². The smallest absolute Gasteiger partial charge is 0.271 e. The highest BCUT2D eigenvalue weighted by atomic mass is 16.3. The maximum atomic E-state index is 13.0. The molecule has 2 aromatic carbocycles. The van der Waals surface area contributed by atoms with Gasteiger partial charge in [0.15, 0.2) is 5.78 Å². The van der Waals surface area contributed by atoms with Crippen molar-refractivity contribution in [1.82, 2.24) is 14.3 Å². The van der Waals surface area contributed by atoms with Crippen molar-refractivity contribution in [2.24, 2.45) is 7.05 Å². The summed E-state index contributed by atoms with van der Waals surface area (Å²) in [5.74, 6) is -1.00.